The maximum atomic E-state index is 2.41. The number of rotatable bonds is 6. The molecular formula is C57H40N2S. The standard InChI is InChI=1S/C57H40N2S/c1-57(2)51-20-9-6-15-45(51)46-33-32-43(36-52(46)57)58(40-13-4-3-5-14-40)41-28-23-37(24-29-41)39-27-34-54-50(35-39)47-16-7-10-21-53(47)59(54)42-30-25-38(26-31-42)44-18-12-19-49-48-17-8-11-22-55(48)60-56(44)49/h3-36H,1-2H3. The Bertz CT molecular complexity index is 3440. The smallest absolute Gasteiger partial charge is 0.0541 e. The first-order chi connectivity index (χ1) is 29.5. The highest BCUT2D eigenvalue weighted by Gasteiger charge is 2.35. The topological polar surface area (TPSA) is 8.17 Å². The maximum Gasteiger partial charge on any atom is 0.0541 e. The third kappa shape index (κ3) is 5.33. The first kappa shape index (κ1) is 34.8. The van der Waals surface area contributed by atoms with Gasteiger partial charge in [-0.2, -0.15) is 0 Å². The van der Waals surface area contributed by atoms with E-state index in [0.29, 0.717) is 0 Å². The number of para-hydroxylation sites is 2. The monoisotopic (exact) mass is 784 g/mol. The Morgan fingerprint density at radius 1 is 0.400 bits per heavy atom. The zero-order valence-corrected chi connectivity index (χ0v) is 34.2. The predicted molar refractivity (Wildman–Crippen MR) is 257 cm³/mol. The third-order valence-electron chi connectivity index (χ3n) is 12.8. The Labute approximate surface area is 353 Å². The van der Waals surface area contributed by atoms with E-state index in [-0.39, 0.29) is 5.41 Å². The Hall–Kier alpha value is -7.20. The first-order valence-electron chi connectivity index (χ1n) is 20.8. The number of benzene rings is 9. The van der Waals surface area contributed by atoms with Crippen LogP contribution in [0.3, 0.4) is 0 Å². The van der Waals surface area contributed by atoms with Gasteiger partial charge in [0.2, 0.25) is 0 Å². The summed E-state index contributed by atoms with van der Waals surface area (Å²) in [6, 6.07) is 75.9. The van der Waals surface area contributed by atoms with Crippen LogP contribution in [0.5, 0.6) is 0 Å². The second-order valence-electron chi connectivity index (χ2n) is 16.5. The number of thiophene rings is 1. The Kier molecular flexibility index (Phi) is 7.79. The average molecular weight is 785 g/mol. The molecular weight excluding hydrogens is 745 g/mol. The maximum absolute atomic E-state index is 2.41. The molecule has 9 aromatic carbocycles. The molecule has 12 rings (SSSR count). The lowest BCUT2D eigenvalue weighted by Gasteiger charge is -2.28. The molecule has 2 heterocycles. The molecule has 60 heavy (non-hydrogen) atoms. The van der Waals surface area contributed by atoms with Crippen LogP contribution < -0.4 is 4.90 Å². The fraction of sp³-hybridized carbons (Fsp3) is 0.0526. The Balaban J connectivity index is 0.905. The van der Waals surface area contributed by atoms with E-state index in [2.05, 4.69) is 230 Å². The van der Waals surface area contributed by atoms with E-state index in [9.17, 15) is 0 Å². The molecule has 1 aliphatic carbocycles. The summed E-state index contributed by atoms with van der Waals surface area (Å²) in [7, 11) is 0. The van der Waals surface area contributed by atoms with E-state index in [1.807, 2.05) is 11.3 Å². The highest BCUT2D eigenvalue weighted by Crippen LogP contribution is 2.51. The van der Waals surface area contributed by atoms with Gasteiger partial charge in [-0.1, -0.05) is 147 Å². The van der Waals surface area contributed by atoms with Gasteiger partial charge in [0, 0.05) is 59.1 Å². The minimum absolute atomic E-state index is 0.0748. The summed E-state index contributed by atoms with van der Waals surface area (Å²) in [6.07, 6.45) is 0. The molecule has 0 spiro atoms. The lowest BCUT2D eigenvalue weighted by Crippen LogP contribution is -2.16. The molecule has 284 valence electrons. The minimum Gasteiger partial charge on any atom is -0.310 e. The zero-order valence-electron chi connectivity index (χ0n) is 33.4. The largest absolute Gasteiger partial charge is 0.310 e. The number of fused-ring (bicyclic) bond motifs is 9. The van der Waals surface area contributed by atoms with Crippen LogP contribution in [0.15, 0.2) is 206 Å². The molecule has 0 radical (unpaired) electrons. The lowest BCUT2D eigenvalue weighted by molar-refractivity contribution is 0.660. The molecule has 3 heteroatoms. The number of hydrogen-bond donors (Lipinski definition) is 0. The first-order valence-corrected chi connectivity index (χ1v) is 21.6. The molecule has 0 aliphatic heterocycles. The summed E-state index contributed by atoms with van der Waals surface area (Å²) in [4.78, 5) is 2.38. The molecule has 0 unspecified atom stereocenters. The van der Waals surface area contributed by atoms with Crippen molar-refractivity contribution in [2.24, 2.45) is 0 Å². The van der Waals surface area contributed by atoms with Gasteiger partial charge in [0.25, 0.3) is 0 Å². The van der Waals surface area contributed by atoms with Gasteiger partial charge in [-0.3, -0.25) is 0 Å². The van der Waals surface area contributed by atoms with Gasteiger partial charge < -0.3 is 9.47 Å². The second-order valence-corrected chi connectivity index (χ2v) is 17.6. The molecule has 0 amide bonds. The van der Waals surface area contributed by atoms with Crippen LogP contribution in [0, 0.1) is 0 Å². The second kappa shape index (κ2) is 13.4. The predicted octanol–water partition coefficient (Wildman–Crippen LogP) is 16.3. The molecule has 2 aromatic heterocycles. The van der Waals surface area contributed by atoms with Crippen molar-refractivity contribution in [3.63, 3.8) is 0 Å². The van der Waals surface area contributed by atoms with Gasteiger partial charge in [0.15, 0.2) is 0 Å². The van der Waals surface area contributed by atoms with Crippen LogP contribution in [0.2, 0.25) is 0 Å². The highest BCUT2D eigenvalue weighted by molar-refractivity contribution is 7.26. The fourth-order valence-electron chi connectivity index (χ4n) is 9.85. The lowest BCUT2D eigenvalue weighted by atomic mass is 9.82. The van der Waals surface area contributed by atoms with Crippen molar-refractivity contribution in [3.05, 3.63) is 217 Å². The molecule has 2 nitrogen and oxygen atoms in total. The van der Waals surface area contributed by atoms with Gasteiger partial charge in [-0.05, 0) is 117 Å². The van der Waals surface area contributed by atoms with E-state index < -0.39 is 0 Å². The molecule has 0 fully saturated rings. The molecule has 0 saturated carbocycles. The third-order valence-corrected chi connectivity index (χ3v) is 14.0. The number of anilines is 3. The Morgan fingerprint density at radius 2 is 1.02 bits per heavy atom. The minimum atomic E-state index is -0.0748. The highest BCUT2D eigenvalue weighted by atomic mass is 32.1. The molecule has 11 aromatic rings. The summed E-state index contributed by atoms with van der Waals surface area (Å²) in [5.41, 5.74) is 17.3. The van der Waals surface area contributed by atoms with Crippen molar-refractivity contribution in [1.29, 1.82) is 0 Å². The molecule has 0 N–H and O–H groups in total. The number of nitrogens with zero attached hydrogens (tertiary/aromatic N) is 2. The summed E-state index contributed by atoms with van der Waals surface area (Å²) in [5.74, 6) is 0. The van der Waals surface area contributed by atoms with Crippen molar-refractivity contribution in [2.75, 3.05) is 4.90 Å². The van der Waals surface area contributed by atoms with E-state index in [4.69, 9.17) is 0 Å². The van der Waals surface area contributed by atoms with Crippen molar-refractivity contribution >= 4 is 70.4 Å². The summed E-state index contributed by atoms with van der Waals surface area (Å²) in [6.45, 7) is 4.70. The molecule has 0 saturated heterocycles. The van der Waals surface area contributed by atoms with E-state index in [1.165, 1.54) is 86.5 Å². The van der Waals surface area contributed by atoms with Crippen LogP contribution in [-0.2, 0) is 5.41 Å². The molecule has 1 aliphatic rings. The zero-order chi connectivity index (χ0) is 40.0. The van der Waals surface area contributed by atoms with Crippen LogP contribution in [-0.4, -0.2) is 4.57 Å². The quantitative estimate of drug-likeness (QED) is 0.163. The van der Waals surface area contributed by atoms with Crippen LogP contribution >= 0.6 is 11.3 Å². The molecule has 0 atom stereocenters. The van der Waals surface area contributed by atoms with Gasteiger partial charge in [0.1, 0.15) is 0 Å². The van der Waals surface area contributed by atoms with Gasteiger partial charge >= 0.3 is 0 Å². The van der Waals surface area contributed by atoms with Gasteiger partial charge in [-0.15, -0.1) is 11.3 Å². The average Bonchev–Trinajstić information content (AvgIpc) is 3.92. The van der Waals surface area contributed by atoms with Gasteiger partial charge in [0.05, 0.1) is 11.0 Å². The van der Waals surface area contributed by atoms with Crippen LogP contribution in [0.4, 0.5) is 17.1 Å². The van der Waals surface area contributed by atoms with Crippen molar-refractivity contribution in [3.8, 4) is 39.1 Å². The van der Waals surface area contributed by atoms with Gasteiger partial charge in [-0.25, -0.2) is 0 Å². The summed E-state index contributed by atoms with van der Waals surface area (Å²) < 4.78 is 5.09. The number of hydrogen-bond acceptors (Lipinski definition) is 2. The number of aromatic nitrogens is 1. The SMILES string of the molecule is CC1(C)c2ccccc2-c2ccc(N(c3ccccc3)c3ccc(-c4ccc5c(c4)c4ccccc4n5-c4ccc(-c5cccc6c5sc5ccccc56)cc4)cc3)cc21. The van der Waals surface area contributed by atoms with Crippen LogP contribution in [0.1, 0.15) is 25.0 Å². The van der Waals surface area contributed by atoms with Crippen LogP contribution in [0.25, 0.3) is 81.0 Å². The van der Waals surface area contributed by atoms with Crippen molar-refractivity contribution in [2.45, 2.75) is 19.3 Å². The molecule has 0 bridgehead atoms. The fourth-order valence-corrected chi connectivity index (χ4v) is 11.1. The Morgan fingerprint density at radius 3 is 1.87 bits per heavy atom. The summed E-state index contributed by atoms with van der Waals surface area (Å²) in [5, 5.41) is 5.16. The normalized spacial score (nSPS) is 13.0. The van der Waals surface area contributed by atoms with Crippen molar-refractivity contribution < 1.29 is 0 Å². The van der Waals surface area contributed by atoms with E-state index in [0.717, 1.165) is 22.7 Å². The van der Waals surface area contributed by atoms with E-state index in [1.54, 1.807) is 0 Å². The van der Waals surface area contributed by atoms with Crippen molar-refractivity contribution in [1.82, 2.24) is 4.57 Å². The summed E-state index contributed by atoms with van der Waals surface area (Å²) >= 11 is 1.88. The van der Waals surface area contributed by atoms with E-state index >= 15 is 0 Å².